The van der Waals surface area contributed by atoms with E-state index >= 15 is 0 Å². The normalized spacial score (nSPS) is 13.2. The Morgan fingerprint density at radius 3 is 2.42 bits per heavy atom. The highest BCUT2D eigenvalue weighted by Gasteiger charge is 2.09. The topological polar surface area (TPSA) is 69.4 Å². The van der Waals surface area contributed by atoms with Crippen molar-refractivity contribution in [1.82, 2.24) is 0 Å². The molecule has 5 heteroatoms. The molecule has 1 rings (SSSR count). The van der Waals surface area contributed by atoms with Crippen LogP contribution in [0.15, 0.2) is 24.3 Å². The third kappa shape index (κ3) is 6.07. The van der Waals surface area contributed by atoms with Gasteiger partial charge in [0.2, 0.25) is 0 Å². The standard InChI is InChI=1S/C14H23NO3S/c1-3-19(16,17)10-4-5-13(15)11-12-6-8-14(18-2)9-7-12/h6-9,13H,3-5,10-11,15H2,1-2H3. The monoisotopic (exact) mass is 285 g/mol. The zero-order valence-electron chi connectivity index (χ0n) is 11.6. The SMILES string of the molecule is CCS(=O)(=O)CCCC(N)Cc1ccc(OC)cc1. The molecule has 0 saturated carbocycles. The summed E-state index contributed by atoms with van der Waals surface area (Å²) in [6, 6.07) is 7.79. The van der Waals surface area contributed by atoms with Gasteiger partial charge in [0.15, 0.2) is 0 Å². The summed E-state index contributed by atoms with van der Waals surface area (Å²) >= 11 is 0. The van der Waals surface area contributed by atoms with Crippen LogP contribution in [0.2, 0.25) is 0 Å². The number of hydrogen-bond acceptors (Lipinski definition) is 4. The predicted molar refractivity (Wildman–Crippen MR) is 78.2 cm³/mol. The van der Waals surface area contributed by atoms with E-state index in [-0.39, 0.29) is 17.5 Å². The molecule has 1 unspecified atom stereocenters. The van der Waals surface area contributed by atoms with Crippen molar-refractivity contribution < 1.29 is 13.2 Å². The fourth-order valence-corrected chi connectivity index (χ4v) is 2.77. The van der Waals surface area contributed by atoms with Crippen LogP contribution in [0.1, 0.15) is 25.3 Å². The summed E-state index contributed by atoms with van der Waals surface area (Å²) in [6.07, 6.45) is 2.12. The Morgan fingerprint density at radius 2 is 1.89 bits per heavy atom. The van der Waals surface area contributed by atoms with E-state index in [0.717, 1.165) is 24.2 Å². The zero-order valence-corrected chi connectivity index (χ0v) is 12.4. The lowest BCUT2D eigenvalue weighted by Gasteiger charge is -2.12. The summed E-state index contributed by atoms with van der Waals surface area (Å²) in [5, 5.41) is 0. The van der Waals surface area contributed by atoms with Crippen LogP contribution in [-0.4, -0.2) is 33.1 Å². The molecule has 19 heavy (non-hydrogen) atoms. The third-order valence-electron chi connectivity index (χ3n) is 3.13. The molecule has 2 N–H and O–H groups in total. The second-order valence-corrected chi connectivity index (χ2v) is 7.16. The molecule has 0 amide bonds. The van der Waals surface area contributed by atoms with Crippen LogP contribution in [0, 0.1) is 0 Å². The van der Waals surface area contributed by atoms with Gasteiger partial charge in [0.25, 0.3) is 0 Å². The molecule has 0 bridgehead atoms. The molecule has 0 aliphatic carbocycles. The first-order chi connectivity index (χ1) is 8.96. The van der Waals surface area contributed by atoms with Crippen LogP contribution in [0.25, 0.3) is 0 Å². The average molecular weight is 285 g/mol. The molecule has 1 aromatic rings. The number of sulfone groups is 1. The number of rotatable bonds is 8. The Bertz CT molecular complexity index is 468. The van der Waals surface area contributed by atoms with Crippen LogP contribution >= 0.6 is 0 Å². The first-order valence-electron chi connectivity index (χ1n) is 6.55. The van der Waals surface area contributed by atoms with Crippen molar-refractivity contribution in [2.45, 2.75) is 32.2 Å². The van der Waals surface area contributed by atoms with E-state index in [9.17, 15) is 8.42 Å². The first kappa shape index (κ1) is 16.0. The fraction of sp³-hybridized carbons (Fsp3) is 0.571. The minimum atomic E-state index is -2.87. The second-order valence-electron chi connectivity index (χ2n) is 4.69. The Labute approximate surface area is 115 Å². The Hall–Kier alpha value is -1.07. The van der Waals surface area contributed by atoms with E-state index in [1.54, 1.807) is 14.0 Å². The van der Waals surface area contributed by atoms with Crippen LogP contribution in [0.4, 0.5) is 0 Å². The van der Waals surface area contributed by atoms with Gasteiger partial charge in [0.1, 0.15) is 15.6 Å². The fourth-order valence-electron chi connectivity index (χ4n) is 1.88. The van der Waals surface area contributed by atoms with Crippen molar-refractivity contribution >= 4 is 9.84 Å². The van der Waals surface area contributed by atoms with Gasteiger partial charge < -0.3 is 10.5 Å². The molecule has 0 radical (unpaired) electrons. The van der Waals surface area contributed by atoms with Crippen molar-refractivity contribution in [2.24, 2.45) is 5.73 Å². The van der Waals surface area contributed by atoms with Crippen LogP contribution in [0.3, 0.4) is 0 Å². The highest BCUT2D eigenvalue weighted by Crippen LogP contribution is 2.13. The van der Waals surface area contributed by atoms with Gasteiger partial charge in [-0.3, -0.25) is 0 Å². The Kier molecular flexibility index (Phi) is 6.31. The number of ether oxygens (including phenoxy) is 1. The van der Waals surface area contributed by atoms with Gasteiger partial charge in [-0.05, 0) is 37.0 Å². The first-order valence-corrected chi connectivity index (χ1v) is 8.38. The van der Waals surface area contributed by atoms with Crippen LogP contribution in [0.5, 0.6) is 5.75 Å². The maximum atomic E-state index is 11.4. The summed E-state index contributed by atoms with van der Waals surface area (Å²) in [6.45, 7) is 1.67. The smallest absolute Gasteiger partial charge is 0.150 e. The number of hydrogen-bond donors (Lipinski definition) is 1. The van der Waals surface area contributed by atoms with E-state index in [4.69, 9.17) is 10.5 Å². The van der Waals surface area contributed by atoms with Gasteiger partial charge >= 0.3 is 0 Å². The van der Waals surface area contributed by atoms with Crippen molar-refractivity contribution in [3.8, 4) is 5.75 Å². The molecular formula is C14H23NO3S. The van der Waals surface area contributed by atoms with Gasteiger partial charge in [-0.25, -0.2) is 8.42 Å². The summed E-state index contributed by atoms with van der Waals surface area (Å²) in [5.74, 6) is 1.27. The van der Waals surface area contributed by atoms with Crippen molar-refractivity contribution in [3.05, 3.63) is 29.8 Å². The molecule has 0 saturated heterocycles. The van der Waals surface area contributed by atoms with Gasteiger partial charge in [-0.1, -0.05) is 19.1 Å². The molecule has 1 atom stereocenters. The molecule has 4 nitrogen and oxygen atoms in total. The number of benzene rings is 1. The third-order valence-corrected chi connectivity index (χ3v) is 4.92. The molecule has 0 aliphatic heterocycles. The van der Waals surface area contributed by atoms with Gasteiger partial charge in [0.05, 0.1) is 12.9 Å². The van der Waals surface area contributed by atoms with Crippen LogP contribution < -0.4 is 10.5 Å². The number of nitrogens with two attached hydrogens (primary N) is 1. The minimum Gasteiger partial charge on any atom is -0.497 e. The summed E-state index contributed by atoms with van der Waals surface area (Å²) < 4.78 is 27.8. The molecule has 108 valence electrons. The van der Waals surface area contributed by atoms with Gasteiger partial charge in [-0.15, -0.1) is 0 Å². The molecule has 0 fully saturated rings. The van der Waals surface area contributed by atoms with E-state index in [1.807, 2.05) is 24.3 Å². The van der Waals surface area contributed by atoms with Crippen molar-refractivity contribution in [1.29, 1.82) is 0 Å². The lowest BCUT2D eigenvalue weighted by Crippen LogP contribution is -2.24. The maximum Gasteiger partial charge on any atom is 0.150 e. The van der Waals surface area contributed by atoms with E-state index in [1.165, 1.54) is 0 Å². The van der Waals surface area contributed by atoms with Crippen LogP contribution in [-0.2, 0) is 16.3 Å². The summed E-state index contributed by atoms with van der Waals surface area (Å²) in [7, 11) is -1.24. The molecule has 0 aliphatic rings. The van der Waals surface area contributed by atoms with Crippen molar-refractivity contribution in [3.63, 3.8) is 0 Å². The molecule has 0 heterocycles. The van der Waals surface area contributed by atoms with Crippen molar-refractivity contribution in [2.75, 3.05) is 18.6 Å². The minimum absolute atomic E-state index is 0.000418. The lowest BCUT2D eigenvalue weighted by molar-refractivity contribution is 0.414. The Balaban J connectivity index is 2.36. The zero-order chi connectivity index (χ0) is 14.3. The number of methoxy groups -OCH3 is 1. The van der Waals surface area contributed by atoms with Gasteiger partial charge in [0, 0.05) is 11.8 Å². The maximum absolute atomic E-state index is 11.4. The highest BCUT2D eigenvalue weighted by atomic mass is 32.2. The summed E-state index contributed by atoms with van der Waals surface area (Å²) in [5.41, 5.74) is 7.17. The van der Waals surface area contributed by atoms with E-state index in [0.29, 0.717) is 6.42 Å². The predicted octanol–water partition coefficient (Wildman–Crippen LogP) is 1.78. The molecule has 1 aromatic carbocycles. The second kappa shape index (κ2) is 7.50. The van der Waals surface area contributed by atoms with E-state index in [2.05, 4.69) is 0 Å². The Morgan fingerprint density at radius 1 is 1.26 bits per heavy atom. The lowest BCUT2D eigenvalue weighted by atomic mass is 10.0. The molecule has 0 spiro atoms. The quantitative estimate of drug-likeness (QED) is 0.790. The highest BCUT2D eigenvalue weighted by molar-refractivity contribution is 7.91. The molecule has 0 aromatic heterocycles. The summed E-state index contributed by atoms with van der Waals surface area (Å²) in [4.78, 5) is 0. The largest absolute Gasteiger partial charge is 0.497 e. The average Bonchev–Trinajstić information content (AvgIpc) is 2.39. The van der Waals surface area contributed by atoms with E-state index < -0.39 is 9.84 Å². The van der Waals surface area contributed by atoms with Gasteiger partial charge in [-0.2, -0.15) is 0 Å². The molecular weight excluding hydrogens is 262 g/mol.